The van der Waals surface area contributed by atoms with E-state index in [1.807, 2.05) is 48.5 Å². The fourth-order valence-electron chi connectivity index (χ4n) is 2.66. The van der Waals surface area contributed by atoms with Gasteiger partial charge in [-0.05, 0) is 49.2 Å². The fourth-order valence-corrected chi connectivity index (χ4v) is 2.66. The molecule has 1 fully saturated rings. The van der Waals surface area contributed by atoms with Crippen molar-refractivity contribution in [3.05, 3.63) is 60.2 Å². The van der Waals surface area contributed by atoms with Gasteiger partial charge in [0.15, 0.2) is 0 Å². The van der Waals surface area contributed by atoms with Crippen LogP contribution in [0.4, 0.5) is 0 Å². The summed E-state index contributed by atoms with van der Waals surface area (Å²) in [6.07, 6.45) is 2.35. The quantitative estimate of drug-likeness (QED) is 0.895. The van der Waals surface area contributed by atoms with Crippen molar-refractivity contribution in [1.82, 2.24) is 5.32 Å². The third kappa shape index (κ3) is 3.00. The van der Waals surface area contributed by atoms with Crippen molar-refractivity contribution in [1.29, 1.82) is 0 Å². The third-order valence-corrected chi connectivity index (χ3v) is 3.75. The fraction of sp³-hybridized carbons (Fsp3) is 0.294. The topological polar surface area (TPSA) is 47.3 Å². The van der Waals surface area contributed by atoms with Gasteiger partial charge in [-0.25, -0.2) is 0 Å². The van der Waals surface area contributed by atoms with E-state index in [1.54, 1.807) is 0 Å². The summed E-state index contributed by atoms with van der Waals surface area (Å²) in [6.45, 7) is 1.07. The number of benzene rings is 2. The molecule has 0 radical (unpaired) electrons. The van der Waals surface area contributed by atoms with Gasteiger partial charge in [-0.2, -0.15) is 0 Å². The van der Waals surface area contributed by atoms with Crippen molar-refractivity contribution in [3.8, 4) is 11.5 Å². The number of ether oxygens (including phenoxy) is 1. The van der Waals surface area contributed by atoms with E-state index in [2.05, 4.69) is 11.4 Å². The third-order valence-electron chi connectivity index (χ3n) is 3.75. The highest BCUT2D eigenvalue weighted by molar-refractivity contribution is 5.35. The van der Waals surface area contributed by atoms with Crippen molar-refractivity contribution in [2.75, 3.05) is 6.54 Å². The van der Waals surface area contributed by atoms with Crippen LogP contribution in [0.25, 0.3) is 0 Å². The molecule has 0 amide bonds. The minimum Gasteiger partial charge on any atom is -0.457 e. The molecule has 1 aliphatic rings. The predicted octanol–water partition coefficient (Wildman–Crippen LogP) is 3.23. The number of rotatable bonds is 4. The van der Waals surface area contributed by atoms with Crippen molar-refractivity contribution >= 4 is 0 Å². The zero-order valence-corrected chi connectivity index (χ0v) is 11.5. The van der Waals surface area contributed by atoms with E-state index in [0.29, 0.717) is 6.04 Å². The Labute approximate surface area is 119 Å². The zero-order valence-electron chi connectivity index (χ0n) is 11.5. The van der Waals surface area contributed by atoms with E-state index in [0.717, 1.165) is 30.0 Å². The van der Waals surface area contributed by atoms with Gasteiger partial charge < -0.3 is 15.8 Å². The average Bonchev–Trinajstić information content (AvgIpc) is 3.02. The van der Waals surface area contributed by atoms with Crippen LogP contribution in [-0.2, 0) is 0 Å². The maximum Gasteiger partial charge on any atom is 0.127 e. The lowest BCUT2D eigenvalue weighted by Crippen LogP contribution is -2.34. The van der Waals surface area contributed by atoms with Gasteiger partial charge in [0, 0.05) is 12.1 Å². The molecule has 0 aliphatic carbocycles. The summed E-state index contributed by atoms with van der Waals surface area (Å²) in [5.74, 6) is 1.68. The number of hydrogen-bond acceptors (Lipinski definition) is 3. The zero-order chi connectivity index (χ0) is 13.8. The summed E-state index contributed by atoms with van der Waals surface area (Å²) in [7, 11) is 0. The molecule has 1 aliphatic heterocycles. The van der Waals surface area contributed by atoms with E-state index < -0.39 is 0 Å². The van der Waals surface area contributed by atoms with Crippen molar-refractivity contribution < 1.29 is 4.74 Å². The van der Waals surface area contributed by atoms with Gasteiger partial charge in [0.05, 0.1) is 0 Å². The number of para-hydroxylation sites is 1. The molecule has 104 valence electrons. The van der Waals surface area contributed by atoms with Crippen LogP contribution in [0.5, 0.6) is 11.5 Å². The van der Waals surface area contributed by atoms with Crippen LogP contribution in [0.3, 0.4) is 0 Å². The molecule has 2 atom stereocenters. The van der Waals surface area contributed by atoms with E-state index in [4.69, 9.17) is 10.5 Å². The molecule has 2 aromatic carbocycles. The van der Waals surface area contributed by atoms with Gasteiger partial charge in [-0.1, -0.05) is 30.3 Å². The molecule has 0 spiro atoms. The Bertz CT molecular complexity index is 550. The molecular weight excluding hydrogens is 248 g/mol. The molecule has 3 nitrogen and oxygen atoms in total. The summed E-state index contributed by atoms with van der Waals surface area (Å²) in [5, 5.41) is 3.46. The Kier molecular flexibility index (Phi) is 4.00. The monoisotopic (exact) mass is 268 g/mol. The van der Waals surface area contributed by atoms with Crippen molar-refractivity contribution in [2.24, 2.45) is 5.73 Å². The summed E-state index contributed by atoms with van der Waals surface area (Å²) in [6, 6.07) is 18.3. The summed E-state index contributed by atoms with van der Waals surface area (Å²) in [4.78, 5) is 0. The molecular formula is C17H20N2O. The lowest BCUT2D eigenvalue weighted by Gasteiger charge is -2.20. The summed E-state index contributed by atoms with van der Waals surface area (Å²) in [5.41, 5.74) is 7.47. The Balaban J connectivity index is 1.75. The highest BCUT2D eigenvalue weighted by Gasteiger charge is 2.22. The minimum atomic E-state index is 0.0248. The number of hydrogen-bond donors (Lipinski definition) is 2. The van der Waals surface area contributed by atoms with Crippen molar-refractivity contribution in [2.45, 2.75) is 24.9 Å². The van der Waals surface area contributed by atoms with Crippen molar-refractivity contribution in [3.63, 3.8) is 0 Å². The molecule has 0 bridgehead atoms. The van der Waals surface area contributed by atoms with Crippen LogP contribution in [0.15, 0.2) is 54.6 Å². The highest BCUT2D eigenvalue weighted by Crippen LogP contribution is 2.26. The average molecular weight is 268 g/mol. The van der Waals surface area contributed by atoms with Crippen LogP contribution in [0.2, 0.25) is 0 Å². The van der Waals surface area contributed by atoms with Gasteiger partial charge in [0.2, 0.25) is 0 Å². The smallest absolute Gasteiger partial charge is 0.127 e. The molecule has 20 heavy (non-hydrogen) atoms. The van der Waals surface area contributed by atoms with Crippen LogP contribution in [0, 0.1) is 0 Å². The molecule has 1 saturated heterocycles. The van der Waals surface area contributed by atoms with Gasteiger partial charge in [-0.15, -0.1) is 0 Å². The molecule has 3 rings (SSSR count). The highest BCUT2D eigenvalue weighted by atomic mass is 16.5. The van der Waals surface area contributed by atoms with Gasteiger partial charge >= 0.3 is 0 Å². The molecule has 3 N–H and O–H groups in total. The Hall–Kier alpha value is -1.84. The van der Waals surface area contributed by atoms with E-state index in [1.165, 1.54) is 6.42 Å². The van der Waals surface area contributed by atoms with Crippen LogP contribution in [-0.4, -0.2) is 12.6 Å². The van der Waals surface area contributed by atoms with Crippen LogP contribution < -0.4 is 15.8 Å². The number of nitrogens with two attached hydrogens (primary N) is 1. The Morgan fingerprint density at radius 3 is 2.60 bits per heavy atom. The number of nitrogens with one attached hydrogen (secondary N) is 1. The second-order valence-electron chi connectivity index (χ2n) is 5.22. The molecule has 2 aromatic rings. The maximum absolute atomic E-state index is 6.34. The largest absolute Gasteiger partial charge is 0.457 e. The Morgan fingerprint density at radius 2 is 1.85 bits per heavy atom. The first kappa shape index (κ1) is 13.2. The van der Waals surface area contributed by atoms with E-state index >= 15 is 0 Å². The lowest BCUT2D eigenvalue weighted by molar-refractivity contribution is 0.474. The van der Waals surface area contributed by atoms with Crippen LogP contribution >= 0.6 is 0 Å². The molecule has 0 saturated carbocycles. The molecule has 1 unspecified atom stereocenters. The lowest BCUT2D eigenvalue weighted by atomic mass is 9.99. The van der Waals surface area contributed by atoms with E-state index in [-0.39, 0.29) is 6.04 Å². The predicted molar refractivity (Wildman–Crippen MR) is 80.9 cm³/mol. The standard InChI is InChI=1S/C17H20N2O/c18-17(16-10-5-11-19-16)13-6-4-9-15(12-13)20-14-7-2-1-3-8-14/h1-4,6-9,12,16-17,19H,5,10-11,18H2/t16-,17?/m0/s1. The second-order valence-corrected chi connectivity index (χ2v) is 5.22. The summed E-state index contributed by atoms with van der Waals surface area (Å²) < 4.78 is 5.86. The molecule has 0 aromatic heterocycles. The first-order valence-electron chi connectivity index (χ1n) is 7.15. The second kappa shape index (κ2) is 6.07. The maximum atomic E-state index is 6.34. The first-order valence-corrected chi connectivity index (χ1v) is 7.15. The van der Waals surface area contributed by atoms with Gasteiger partial charge in [0.25, 0.3) is 0 Å². The summed E-state index contributed by atoms with van der Waals surface area (Å²) >= 11 is 0. The normalized spacial score (nSPS) is 19.8. The molecule has 3 heteroatoms. The Morgan fingerprint density at radius 1 is 1.05 bits per heavy atom. The SMILES string of the molecule is NC(c1cccc(Oc2ccccc2)c1)[C@@H]1CCCN1. The first-order chi connectivity index (χ1) is 9.83. The molecule has 1 heterocycles. The minimum absolute atomic E-state index is 0.0248. The van der Waals surface area contributed by atoms with Gasteiger partial charge in [0.1, 0.15) is 11.5 Å². The van der Waals surface area contributed by atoms with Gasteiger partial charge in [-0.3, -0.25) is 0 Å². The van der Waals surface area contributed by atoms with E-state index in [9.17, 15) is 0 Å². The van der Waals surface area contributed by atoms with Crippen LogP contribution in [0.1, 0.15) is 24.4 Å².